The molecule has 0 aromatic rings. The monoisotopic (exact) mass is 243 g/mol. The minimum atomic E-state index is -0.392. The Morgan fingerprint density at radius 2 is 2.06 bits per heavy atom. The molecule has 3 heteroatoms. The van der Waals surface area contributed by atoms with Crippen LogP contribution in [0.4, 0.5) is 0 Å². The van der Waals surface area contributed by atoms with Crippen molar-refractivity contribution in [3.63, 3.8) is 0 Å². The van der Waals surface area contributed by atoms with E-state index in [4.69, 9.17) is 9.47 Å². The normalized spacial score (nSPS) is 25.1. The predicted octanol–water partition coefficient (Wildman–Crippen LogP) is 3.09. The van der Waals surface area contributed by atoms with Crippen LogP contribution in [0, 0.1) is 0 Å². The van der Waals surface area contributed by atoms with Crippen molar-refractivity contribution >= 4 is 0 Å². The van der Waals surface area contributed by atoms with Crippen molar-refractivity contribution in [2.24, 2.45) is 0 Å². The third-order valence-electron chi connectivity index (χ3n) is 3.25. The number of nitrogens with one attached hydrogen (secondary N) is 1. The van der Waals surface area contributed by atoms with Crippen LogP contribution in [-0.4, -0.2) is 31.1 Å². The van der Waals surface area contributed by atoms with Crippen molar-refractivity contribution in [1.82, 2.24) is 5.32 Å². The van der Waals surface area contributed by atoms with Crippen LogP contribution in [0.3, 0.4) is 0 Å². The summed E-state index contributed by atoms with van der Waals surface area (Å²) in [5, 5.41) is 3.53. The standard InChI is InChI=1S/C14H29NO2/c1-5-6-7-8-9-12(2)15-10-13-11-16-14(3,4)17-13/h12-13,15H,5-11H2,1-4H3. The van der Waals surface area contributed by atoms with Crippen molar-refractivity contribution in [2.45, 2.75) is 77.7 Å². The SMILES string of the molecule is CCCCCCC(C)NCC1COC(C)(C)O1. The first-order chi connectivity index (χ1) is 8.03. The van der Waals surface area contributed by atoms with Crippen molar-refractivity contribution in [3.8, 4) is 0 Å². The second kappa shape index (κ2) is 7.34. The van der Waals surface area contributed by atoms with Crippen LogP contribution in [0.25, 0.3) is 0 Å². The van der Waals surface area contributed by atoms with Crippen LogP contribution < -0.4 is 5.32 Å². The number of ether oxygens (including phenoxy) is 2. The third-order valence-corrected chi connectivity index (χ3v) is 3.25. The van der Waals surface area contributed by atoms with Crippen molar-refractivity contribution < 1.29 is 9.47 Å². The lowest BCUT2D eigenvalue weighted by Gasteiger charge is -2.19. The van der Waals surface area contributed by atoms with E-state index in [0.717, 1.165) is 6.54 Å². The minimum Gasteiger partial charge on any atom is -0.348 e. The van der Waals surface area contributed by atoms with Gasteiger partial charge in [0.15, 0.2) is 5.79 Å². The van der Waals surface area contributed by atoms with Crippen LogP contribution >= 0.6 is 0 Å². The lowest BCUT2D eigenvalue weighted by atomic mass is 10.1. The Morgan fingerprint density at radius 3 is 2.65 bits per heavy atom. The molecule has 1 aliphatic heterocycles. The number of rotatable bonds is 8. The minimum absolute atomic E-state index is 0.211. The molecule has 0 aromatic heterocycles. The fraction of sp³-hybridized carbons (Fsp3) is 1.00. The molecule has 1 N–H and O–H groups in total. The lowest BCUT2D eigenvalue weighted by molar-refractivity contribution is -0.137. The highest BCUT2D eigenvalue weighted by atomic mass is 16.7. The Bertz CT molecular complexity index is 206. The average Bonchev–Trinajstić information content (AvgIpc) is 2.62. The fourth-order valence-corrected chi connectivity index (χ4v) is 2.18. The summed E-state index contributed by atoms with van der Waals surface area (Å²) >= 11 is 0. The van der Waals surface area contributed by atoms with Gasteiger partial charge in [-0.25, -0.2) is 0 Å². The average molecular weight is 243 g/mol. The van der Waals surface area contributed by atoms with Gasteiger partial charge in [-0.2, -0.15) is 0 Å². The fourth-order valence-electron chi connectivity index (χ4n) is 2.18. The van der Waals surface area contributed by atoms with Crippen LogP contribution in [0.2, 0.25) is 0 Å². The number of hydrogen-bond donors (Lipinski definition) is 1. The highest BCUT2D eigenvalue weighted by molar-refractivity contribution is 4.74. The van der Waals surface area contributed by atoms with Gasteiger partial charge in [-0.15, -0.1) is 0 Å². The molecule has 0 spiro atoms. The van der Waals surface area contributed by atoms with Gasteiger partial charge in [-0.1, -0.05) is 32.6 Å². The van der Waals surface area contributed by atoms with Gasteiger partial charge < -0.3 is 14.8 Å². The second-order valence-corrected chi connectivity index (χ2v) is 5.61. The van der Waals surface area contributed by atoms with Crippen LogP contribution in [0.15, 0.2) is 0 Å². The van der Waals surface area contributed by atoms with Gasteiger partial charge in [0.1, 0.15) is 0 Å². The molecule has 1 fully saturated rings. The van der Waals surface area contributed by atoms with Gasteiger partial charge in [-0.3, -0.25) is 0 Å². The summed E-state index contributed by atoms with van der Waals surface area (Å²) in [4.78, 5) is 0. The molecule has 1 rings (SSSR count). The molecule has 2 unspecified atom stereocenters. The first-order valence-electron chi connectivity index (χ1n) is 7.08. The first-order valence-corrected chi connectivity index (χ1v) is 7.08. The van der Waals surface area contributed by atoms with E-state index in [2.05, 4.69) is 19.2 Å². The molecule has 0 aliphatic carbocycles. The van der Waals surface area contributed by atoms with Crippen molar-refractivity contribution in [2.75, 3.05) is 13.2 Å². The quantitative estimate of drug-likeness (QED) is 0.665. The summed E-state index contributed by atoms with van der Waals surface area (Å²) in [6.07, 6.45) is 6.83. The summed E-state index contributed by atoms with van der Waals surface area (Å²) < 4.78 is 11.3. The summed E-state index contributed by atoms with van der Waals surface area (Å²) in [5.74, 6) is -0.392. The molecule has 1 aliphatic rings. The number of hydrogen-bond acceptors (Lipinski definition) is 3. The molecule has 2 atom stereocenters. The van der Waals surface area contributed by atoms with Crippen molar-refractivity contribution in [1.29, 1.82) is 0 Å². The van der Waals surface area contributed by atoms with Crippen LogP contribution in [-0.2, 0) is 9.47 Å². The van der Waals surface area contributed by atoms with Crippen LogP contribution in [0.1, 0.15) is 59.8 Å². The number of unbranched alkanes of at least 4 members (excludes halogenated alkanes) is 3. The molecule has 0 amide bonds. The van der Waals surface area contributed by atoms with E-state index >= 15 is 0 Å². The maximum atomic E-state index is 5.76. The van der Waals surface area contributed by atoms with Gasteiger partial charge in [0.25, 0.3) is 0 Å². The maximum Gasteiger partial charge on any atom is 0.163 e. The van der Waals surface area contributed by atoms with Gasteiger partial charge in [0.2, 0.25) is 0 Å². The lowest BCUT2D eigenvalue weighted by Crippen LogP contribution is -2.35. The summed E-state index contributed by atoms with van der Waals surface area (Å²) in [6.45, 7) is 10.1. The Labute approximate surface area is 106 Å². The van der Waals surface area contributed by atoms with E-state index in [1.807, 2.05) is 13.8 Å². The maximum absolute atomic E-state index is 5.76. The van der Waals surface area contributed by atoms with Crippen LogP contribution in [0.5, 0.6) is 0 Å². The summed E-state index contributed by atoms with van der Waals surface area (Å²) in [5.41, 5.74) is 0. The molecule has 0 bridgehead atoms. The molecule has 0 radical (unpaired) electrons. The van der Waals surface area contributed by atoms with E-state index in [9.17, 15) is 0 Å². The van der Waals surface area contributed by atoms with Gasteiger partial charge in [0, 0.05) is 12.6 Å². The van der Waals surface area contributed by atoms with E-state index in [1.54, 1.807) is 0 Å². The van der Waals surface area contributed by atoms with E-state index < -0.39 is 5.79 Å². The summed E-state index contributed by atoms with van der Waals surface area (Å²) in [7, 11) is 0. The van der Waals surface area contributed by atoms with E-state index in [-0.39, 0.29) is 6.10 Å². The molecule has 1 heterocycles. The first kappa shape index (κ1) is 14.9. The van der Waals surface area contributed by atoms with E-state index in [0.29, 0.717) is 12.6 Å². The molecule has 17 heavy (non-hydrogen) atoms. The highest BCUT2D eigenvalue weighted by Crippen LogP contribution is 2.21. The van der Waals surface area contributed by atoms with E-state index in [1.165, 1.54) is 32.1 Å². The molecule has 1 saturated heterocycles. The molecule has 102 valence electrons. The second-order valence-electron chi connectivity index (χ2n) is 5.61. The zero-order valence-corrected chi connectivity index (χ0v) is 11.9. The third kappa shape index (κ3) is 6.39. The molecule has 0 aromatic carbocycles. The Morgan fingerprint density at radius 1 is 1.29 bits per heavy atom. The summed E-state index contributed by atoms with van der Waals surface area (Å²) in [6, 6.07) is 0.583. The smallest absolute Gasteiger partial charge is 0.163 e. The Balaban J connectivity index is 2.02. The molecule has 0 saturated carbocycles. The Kier molecular flexibility index (Phi) is 6.45. The molecular formula is C14H29NO2. The Hall–Kier alpha value is -0.120. The topological polar surface area (TPSA) is 30.5 Å². The molecule has 3 nitrogen and oxygen atoms in total. The largest absolute Gasteiger partial charge is 0.348 e. The predicted molar refractivity (Wildman–Crippen MR) is 71.1 cm³/mol. The zero-order chi connectivity index (χ0) is 12.7. The van der Waals surface area contributed by atoms with Gasteiger partial charge in [-0.05, 0) is 27.2 Å². The molecular weight excluding hydrogens is 214 g/mol. The van der Waals surface area contributed by atoms with Crippen molar-refractivity contribution in [3.05, 3.63) is 0 Å². The van der Waals surface area contributed by atoms with Gasteiger partial charge in [0.05, 0.1) is 12.7 Å². The van der Waals surface area contributed by atoms with Gasteiger partial charge >= 0.3 is 0 Å². The zero-order valence-electron chi connectivity index (χ0n) is 11.9. The highest BCUT2D eigenvalue weighted by Gasteiger charge is 2.32.